The van der Waals surface area contributed by atoms with E-state index in [0.29, 0.717) is 24.9 Å². The van der Waals surface area contributed by atoms with Crippen LogP contribution in [0.4, 0.5) is 5.69 Å². The second-order valence-electron chi connectivity index (χ2n) is 6.48. The second-order valence-corrected chi connectivity index (χ2v) is 8.04. The number of anilines is 1. The minimum Gasteiger partial charge on any atom is -0.494 e. The molecule has 146 valence electrons. The van der Waals surface area contributed by atoms with Crippen molar-refractivity contribution in [2.24, 2.45) is 5.14 Å². The molecule has 2 N–H and O–H groups in total. The molecule has 1 aromatic heterocycles. The summed E-state index contributed by atoms with van der Waals surface area (Å²) in [6, 6.07) is 12.4. The van der Waals surface area contributed by atoms with Crippen molar-refractivity contribution in [2.45, 2.75) is 24.8 Å². The summed E-state index contributed by atoms with van der Waals surface area (Å²) in [5, 5.41) is 9.27. The van der Waals surface area contributed by atoms with Gasteiger partial charge in [0.2, 0.25) is 21.7 Å². The summed E-state index contributed by atoms with van der Waals surface area (Å²) in [6.07, 6.45) is 0.735. The van der Waals surface area contributed by atoms with Crippen molar-refractivity contribution < 1.29 is 17.7 Å². The molecule has 0 fully saturated rings. The molecule has 8 nitrogen and oxygen atoms in total. The first-order valence-corrected chi connectivity index (χ1v) is 10.4. The number of sulfonamides is 1. The molecular weight excluding hydrogens is 380 g/mol. The van der Waals surface area contributed by atoms with Crippen molar-refractivity contribution >= 4 is 15.7 Å². The number of nitrogens with zero attached hydrogens (tertiary/aromatic N) is 3. The molecule has 3 aromatic rings. The average Bonchev–Trinajstić information content (AvgIpc) is 3.29. The summed E-state index contributed by atoms with van der Waals surface area (Å²) in [7, 11) is -3.70. The number of rotatable bonds is 6. The van der Waals surface area contributed by atoms with Gasteiger partial charge in [0.1, 0.15) is 5.75 Å². The highest BCUT2D eigenvalue weighted by Crippen LogP contribution is 2.31. The van der Waals surface area contributed by atoms with Gasteiger partial charge in [0.25, 0.3) is 0 Å². The highest BCUT2D eigenvalue weighted by Gasteiger charge is 2.23. The van der Waals surface area contributed by atoms with Crippen LogP contribution in [-0.4, -0.2) is 31.7 Å². The van der Waals surface area contributed by atoms with Gasteiger partial charge in [-0.1, -0.05) is 5.16 Å². The van der Waals surface area contributed by atoms with Crippen LogP contribution < -0.4 is 14.8 Å². The first-order valence-electron chi connectivity index (χ1n) is 8.90. The third-order valence-electron chi connectivity index (χ3n) is 4.59. The van der Waals surface area contributed by atoms with E-state index in [-0.39, 0.29) is 4.90 Å². The molecule has 0 atom stereocenters. The standard InChI is InChI=1S/C19H20N4O4S/c1-2-26-15-5-3-13(4-6-15)19-21-18(27-22-19)12-23-10-9-14-11-16(28(20,24)25)7-8-17(14)23/h3-8,11H,2,9-10,12H2,1H3,(H2,20,24,25). The number of fused-ring (bicyclic) bond motifs is 1. The maximum absolute atomic E-state index is 11.5. The fourth-order valence-electron chi connectivity index (χ4n) is 3.25. The maximum Gasteiger partial charge on any atom is 0.246 e. The van der Waals surface area contributed by atoms with E-state index in [1.807, 2.05) is 31.2 Å². The SMILES string of the molecule is CCOc1ccc(-c2noc(CN3CCc4cc(S(N)(=O)=O)ccc43)n2)cc1. The van der Waals surface area contributed by atoms with Gasteiger partial charge in [-0.3, -0.25) is 0 Å². The average molecular weight is 400 g/mol. The topological polar surface area (TPSA) is 112 Å². The van der Waals surface area contributed by atoms with E-state index in [9.17, 15) is 8.42 Å². The molecule has 0 saturated heterocycles. The molecule has 0 amide bonds. The molecular formula is C19H20N4O4S. The van der Waals surface area contributed by atoms with Crippen molar-refractivity contribution in [3.63, 3.8) is 0 Å². The van der Waals surface area contributed by atoms with E-state index in [4.69, 9.17) is 14.4 Å². The summed E-state index contributed by atoms with van der Waals surface area (Å²) in [6.45, 7) is 3.74. The number of benzene rings is 2. The van der Waals surface area contributed by atoms with E-state index in [2.05, 4.69) is 15.0 Å². The quantitative estimate of drug-likeness (QED) is 0.676. The Kier molecular flexibility index (Phi) is 4.78. The monoisotopic (exact) mass is 400 g/mol. The molecule has 9 heteroatoms. The van der Waals surface area contributed by atoms with Crippen molar-refractivity contribution in [3.8, 4) is 17.1 Å². The van der Waals surface area contributed by atoms with Crippen molar-refractivity contribution in [1.29, 1.82) is 0 Å². The third-order valence-corrected chi connectivity index (χ3v) is 5.50. The summed E-state index contributed by atoms with van der Waals surface area (Å²) >= 11 is 0. The fourth-order valence-corrected chi connectivity index (χ4v) is 3.82. The van der Waals surface area contributed by atoms with Crippen LogP contribution in [0.2, 0.25) is 0 Å². The third kappa shape index (κ3) is 3.71. The number of ether oxygens (including phenoxy) is 1. The zero-order valence-electron chi connectivity index (χ0n) is 15.3. The maximum atomic E-state index is 11.5. The minimum atomic E-state index is -3.70. The van der Waals surface area contributed by atoms with Crippen LogP contribution in [0.5, 0.6) is 5.75 Å². The smallest absolute Gasteiger partial charge is 0.246 e. The molecule has 2 aromatic carbocycles. The number of hydrogen-bond acceptors (Lipinski definition) is 7. The van der Waals surface area contributed by atoms with Crippen molar-refractivity contribution in [3.05, 3.63) is 53.9 Å². The van der Waals surface area contributed by atoms with Gasteiger partial charge in [-0.2, -0.15) is 4.98 Å². The molecule has 0 spiro atoms. The predicted molar refractivity (Wildman–Crippen MR) is 103 cm³/mol. The van der Waals surface area contributed by atoms with Gasteiger partial charge in [-0.05, 0) is 61.4 Å². The number of primary sulfonamides is 1. The van der Waals surface area contributed by atoms with Gasteiger partial charge in [0.05, 0.1) is 18.0 Å². The zero-order chi connectivity index (χ0) is 19.7. The van der Waals surface area contributed by atoms with Crippen LogP contribution in [0.1, 0.15) is 18.4 Å². The number of aromatic nitrogens is 2. The summed E-state index contributed by atoms with van der Waals surface area (Å²) < 4.78 is 33.9. The Morgan fingerprint density at radius 3 is 2.71 bits per heavy atom. The van der Waals surface area contributed by atoms with Crippen LogP contribution in [0, 0.1) is 0 Å². The van der Waals surface area contributed by atoms with Gasteiger partial charge in [-0.15, -0.1) is 0 Å². The Bertz CT molecular complexity index is 1090. The van der Waals surface area contributed by atoms with E-state index < -0.39 is 10.0 Å². The highest BCUT2D eigenvalue weighted by atomic mass is 32.2. The Hall–Kier alpha value is -2.91. The molecule has 0 aliphatic carbocycles. The summed E-state index contributed by atoms with van der Waals surface area (Å²) in [4.78, 5) is 6.68. The van der Waals surface area contributed by atoms with Crippen molar-refractivity contribution in [1.82, 2.24) is 10.1 Å². The summed E-state index contributed by atoms with van der Waals surface area (Å²) in [5.74, 6) is 1.80. The van der Waals surface area contributed by atoms with Crippen LogP contribution in [0.3, 0.4) is 0 Å². The van der Waals surface area contributed by atoms with E-state index in [1.54, 1.807) is 12.1 Å². The van der Waals surface area contributed by atoms with Gasteiger partial charge in [0.15, 0.2) is 0 Å². The lowest BCUT2D eigenvalue weighted by atomic mass is 10.2. The lowest BCUT2D eigenvalue weighted by molar-refractivity contribution is 0.340. The van der Waals surface area contributed by atoms with Gasteiger partial charge in [0, 0.05) is 17.8 Å². The lowest BCUT2D eigenvalue weighted by Gasteiger charge is -2.16. The molecule has 2 heterocycles. The van der Waals surface area contributed by atoms with Crippen molar-refractivity contribution in [2.75, 3.05) is 18.1 Å². The molecule has 0 radical (unpaired) electrons. The van der Waals surface area contributed by atoms with E-state index >= 15 is 0 Å². The van der Waals surface area contributed by atoms with Crippen LogP contribution in [0.15, 0.2) is 51.9 Å². The molecule has 1 aliphatic heterocycles. The Balaban J connectivity index is 1.50. The highest BCUT2D eigenvalue weighted by molar-refractivity contribution is 7.89. The largest absolute Gasteiger partial charge is 0.494 e. The fraction of sp³-hybridized carbons (Fsp3) is 0.263. The Morgan fingerprint density at radius 2 is 2.00 bits per heavy atom. The van der Waals surface area contributed by atoms with Crippen LogP contribution >= 0.6 is 0 Å². The molecule has 1 aliphatic rings. The van der Waals surface area contributed by atoms with Crippen LogP contribution in [-0.2, 0) is 23.0 Å². The van der Waals surface area contributed by atoms with Gasteiger partial charge < -0.3 is 14.2 Å². The minimum absolute atomic E-state index is 0.128. The van der Waals surface area contributed by atoms with Gasteiger partial charge in [-0.25, -0.2) is 13.6 Å². The first kappa shape index (κ1) is 18.5. The summed E-state index contributed by atoms with van der Waals surface area (Å²) in [5.41, 5.74) is 2.74. The number of hydrogen-bond donors (Lipinski definition) is 1. The molecule has 4 rings (SSSR count). The molecule has 0 unspecified atom stereocenters. The second kappa shape index (κ2) is 7.25. The van der Waals surface area contributed by atoms with E-state index in [0.717, 1.165) is 35.5 Å². The van der Waals surface area contributed by atoms with E-state index in [1.165, 1.54) is 6.07 Å². The molecule has 0 bridgehead atoms. The molecule has 28 heavy (non-hydrogen) atoms. The normalized spacial score (nSPS) is 13.6. The number of nitrogens with two attached hydrogens (primary N) is 1. The Labute approximate surface area is 163 Å². The Morgan fingerprint density at radius 1 is 1.21 bits per heavy atom. The van der Waals surface area contributed by atoms with Crippen LogP contribution in [0.25, 0.3) is 11.4 Å². The zero-order valence-corrected chi connectivity index (χ0v) is 16.1. The van der Waals surface area contributed by atoms with Gasteiger partial charge >= 0.3 is 0 Å². The predicted octanol–water partition coefficient (Wildman–Crippen LogP) is 2.35. The lowest BCUT2D eigenvalue weighted by Crippen LogP contribution is -2.20. The first-order chi connectivity index (χ1) is 13.4. The molecule has 0 saturated carbocycles.